The van der Waals surface area contributed by atoms with Crippen LogP contribution < -0.4 is 5.32 Å². The zero-order chi connectivity index (χ0) is 12.7. The molecule has 0 saturated heterocycles. The van der Waals surface area contributed by atoms with Gasteiger partial charge in [0.1, 0.15) is 5.82 Å². The number of hydrogen-bond acceptors (Lipinski definition) is 5. The van der Waals surface area contributed by atoms with Gasteiger partial charge in [0.2, 0.25) is 5.82 Å². The summed E-state index contributed by atoms with van der Waals surface area (Å²) in [5, 5.41) is 11.1. The second-order valence-corrected chi connectivity index (χ2v) is 3.03. The largest absolute Gasteiger partial charge is 0.451 e. The van der Waals surface area contributed by atoms with Gasteiger partial charge in [0.05, 0.1) is 19.8 Å². The summed E-state index contributed by atoms with van der Waals surface area (Å²) in [5.74, 6) is -1.10. The maximum atomic E-state index is 12.3. The van der Waals surface area contributed by atoms with Crippen molar-refractivity contribution < 1.29 is 23.0 Å². The molecule has 0 aliphatic heterocycles. The van der Waals surface area contributed by atoms with Gasteiger partial charge in [-0.15, -0.1) is 0 Å². The van der Waals surface area contributed by atoms with Gasteiger partial charge in [0.15, 0.2) is 0 Å². The molecule has 17 heavy (non-hydrogen) atoms. The van der Waals surface area contributed by atoms with Crippen molar-refractivity contribution in [1.82, 2.24) is 9.97 Å². The first-order chi connectivity index (χ1) is 8.04. The number of nitrogens with one attached hydrogen (secondary N) is 1. The lowest BCUT2D eigenvalue weighted by atomic mass is 10.5. The van der Waals surface area contributed by atoms with Crippen LogP contribution in [0.3, 0.4) is 0 Å². The van der Waals surface area contributed by atoms with Crippen LogP contribution in [0.1, 0.15) is 5.82 Å². The number of hydrogen-bond donors (Lipinski definition) is 2. The SMILES string of the molecule is OCCOCCNc1ccnc(C(F)(F)F)n1. The van der Waals surface area contributed by atoms with Crippen LogP contribution in [0.15, 0.2) is 12.3 Å². The van der Waals surface area contributed by atoms with Gasteiger partial charge >= 0.3 is 6.18 Å². The van der Waals surface area contributed by atoms with E-state index in [1.807, 2.05) is 0 Å². The Bertz CT molecular complexity index is 347. The van der Waals surface area contributed by atoms with Crippen molar-refractivity contribution >= 4 is 5.82 Å². The molecule has 2 N–H and O–H groups in total. The van der Waals surface area contributed by atoms with Gasteiger partial charge in [-0.2, -0.15) is 13.2 Å². The van der Waals surface area contributed by atoms with E-state index in [-0.39, 0.29) is 25.6 Å². The van der Waals surface area contributed by atoms with Gasteiger partial charge in [-0.3, -0.25) is 0 Å². The van der Waals surface area contributed by atoms with Crippen LogP contribution in [0.25, 0.3) is 0 Å². The maximum absolute atomic E-state index is 12.3. The molecule has 0 fully saturated rings. The molecule has 0 saturated carbocycles. The minimum Gasteiger partial charge on any atom is -0.394 e. The molecule has 96 valence electrons. The van der Waals surface area contributed by atoms with Crippen molar-refractivity contribution in [3.05, 3.63) is 18.1 Å². The van der Waals surface area contributed by atoms with Crippen LogP contribution in [-0.4, -0.2) is 41.4 Å². The van der Waals surface area contributed by atoms with E-state index >= 15 is 0 Å². The molecule has 0 aromatic carbocycles. The van der Waals surface area contributed by atoms with E-state index < -0.39 is 12.0 Å². The van der Waals surface area contributed by atoms with Gasteiger partial charge < -0.3 is 15.2 Å². The Morgan fingerprint density at radius 1 is 1.35 bits per heavy atom. The van der Waals surface area contributed by atoms with Crippen LogP contribution in [0, 0.1) is 0 Å². The van der Waals surface area contributed by atoms with Gasteiger partial charge in [0, 0.05) is 12.7 Å². The number of aromatic nitrogens is 2. The Kier molecular flexibility index (Phi) is 5.11. The molecular weight excluding hydrogens is 239 g/mol. The van der Waals surface area contributed by atoms with Crippen molar-refractivity contribution in [1.29, 1.82) is 0 Å². The van der Waals surface area contributed by atoms with Crippen molar-refractivity contribution in [2.45, 2.75) is 6.18 Å². The first-order valence-electron chi connectivity index (χ1n) is 4.87. The second-order valence-electron chi connectivity index (χ2n) is 3.03. The summed E-state index contributed by atoms with van der Waals surface area (Å²) in [4.78, 5) is 6.44. The van der Waals surface area contributed by atoms with Crippen molar-refractivity contribution in [3.63, 3.8) is 0 Å². The third-order valence-corrected chi connectivity index (χ3v) is 1.70. The van der Waals surface area contributed by atoms with E-state index in [1.165, 1.54) is 6.07 Å². The van der Waals surface area contributed by atoms with Crippen LogP contribution in [-0.2, 0) is 10.9 Å². The third-order valence-electron chi connectivity index (χ3n) is 1.70. The van der Waals surface area contributed by atoms with Gasteiger partial charge in [-0.1, -0.05) is 0 Å². The number of nitrogens with zero attached hydrogens (tertiary/aromatic N) is 2. The highest BCUT2D eigenvalue weighted by atomic mass is 19.4. The Hall–Kier alpha value is -1.41. The molecule has 5 nitrogen and oxygen atoms in total. The van der Waals surface area contributed by atoms with E-state index in [0.717, 1.165) is 6.20 Å². The third kappa shape index (κ3) is 4.96. The van der Waals surface area contributed by atoms with Crippen LogP contribution in [0.5, 0.6) is 0 Å². The number of rotatable bonds is 6. The Labute approximate surface area is 95.6 Å². The topological polar surface area (TPSA) is 67.3 Å². The molecule has 0 atom stereocenters. The van der Waals surface area contributed by atoms with E-state index in [2.05, 4.69) is 15.3 Å². The zero-order valence-corrected chi connectivity index (χ0v) is 8.87. The first-order valence-corrected chi connectivity index (χ1v) is 4.87. The predicted octanol–water partition coefficient (Wildman–Crippen LogP) is 0.916. The minimum atomic E-state index is -4.55. The van der Waals surface area contributed by atoms with Crippen molar-refractivity contribution in [2.24, 2.45) is 0 Å². The number of alkyl halides is 3. The molecule has 0 aliphatic carbocycles. The highest BCUT2D eigenvalue weighted by molar-refractivity contribution is 5.33. The van der Waals surface area contributed by atoms with Crippen LogP contribution >= 0.6 is 0 Å². The molecule has 0 amide bonds. The molecule has 1 aromatic rings. The van der Waals surface area contributed by atoms with Gasteiger partial charge in [-0.05, 0) is 6.07 Å². The molecule has 0 unspecified atom stereocenters. The molecule has 0 aliphatic rings. The molecule has 1 rings (SSSR count). The highest BCUT2D eigenvalue weighted by Gasteiger charge is 2.34. The fourth-order valence-corrected chi connectivity index (χ4v) is 1.01. The number of ether oxygens (including phenoxy) is 1. The molecule has 0 spiro atoms. The summed E-state index contributed by atoms with van der Waals surface area (Å²) in [5.41, 5.74) is 0. The summed E-state index contributed by atoms with van der Waals surface area (Å²) in [7, 11) is 0. The van der Waals surface area contributed by atoms with Crippen molar-refractivity contribution in [2.75, 3.05) is 31.7 Å². The second kappa shape index (κ2) is 6.36. The highest BCUT2D eigenvalue weighted by Crippen LogP contribution is 2.26. The van der Waals surface area contributed by atoms with Crippen LogP contribution in [0.4, 0.5) is 19.0 Å². The normalized spacial score (nSPS) is 11.5. The average molecular weight is 251 g/mol. The smallest absolute Gasteiger partial charge is 0.394 e. The standard InChI is InChI=1S/C9H12F3N3O2/c10-9(11,12)8-14-2-1-7(15-8)13-3-5-17-6-4-16/h1-2,16H,3-6H2,(H,13,14,15). The quantitative estimate of drug-likeness (QED) is 0.736. The molecule has 0 radical (unpaired) electrons. The summed E-state index contributed by atoms with van der Waals surface area (Å²) >= 11 is 0. The van der Waals surface area contributed by atoms with E-state index in [9.17, 15) is 13.2 Å². The maximum Gasteiger partial charge on any atom is 0.451 e. The fourth-order valence-electron chi connectivity index (χ4n) is 1.01. The molecule has 0 bridgehead atoms. The lowest BCUT2D eigenvalue weighted by molar-refractivity contribution is -0.144. The lowest BCUT2D eigenvalue weighted by Gasteiger charge is -2.08. The number of aliphatic hydroxyl groups excluding tert-OH is 1. The Balaban J connectivity index is 2.44. The molecule has 8 heteroatoms. The minimum absolute atomic E-state index is 0.0833. The van der Waals surface area contributed by atoms with E-state index in [4.69, 9.17) is 9.84 Å². The van der Waals surface area contributed by atoms with Gasteiger partial charge in [-0.25, -0.2) is 9.97 Å². The van der Waals surface area contributed by atoms with Gasteiger partial charge in [0.25, 0.3) is 0 Å². The van der Waals surface area contributed by atoms with Crippen LogP contribution in [0.2, 0.25) is 0 Å². The predicted molar refractivity (Wildman–Crippen MR) is 53.4 cm³/mol. The van der Waals surface area contributed by atoms with E-state index in [0.29, 0.717) is 6.54 Å². The average Bonchev–Trinajstić information content (AvgIpc) is 2.28. The number of halogens is 3. The number of anilines is 1. The first kappa shape index (κ1) is 13.7. The molecule has 1 heterocycles. The Morgan fingerprint density at radius 3 is 2.76 bits per heavy atom. The molecule has 1 aromatic heterocycles. The monoisotopic (exact) mass is 251 g/mol. The van der Waals surface area contributed by atoms with E-state index in [1.54, 1.807) is 0 Å². The summed E-state index contributed by atoms with van der Waals surface area (Å²) in [6.07, 6.45) is -3.52. The summed E-state index contributed by atoms with van der Waals surface area (Å²) in [6, 6.07) is 1.33. The summed E-state index contributed by atoms with van der Waals surface area (Å²) < 4.78 is 41.7. The Morgan fingerprint density at radius 2 is 2.12 bits per heavy atom. The lowest BCUT2D eigenvalue weighted by Crippen LogP contribution is -2.15. The number of aliphatic hydroxyl groups is 1. The summed E-state index contributed by atoms with van der Waals surface area (Å²) in [6.45, 7) is 0.672. The van der Waals surface area contributed by atoms with Crippen molar-refractivity contribution in [3.8, 4) is 0 Å². The zero-order valence-electron chi connectivity index (χ0n) is 8.87. The fraction of sp³-hybridized carbons (Fsp3) is 0.556. The molecular formula is C9H12F3N3O2.